The van der Waals surface area contributed by atoms with Crippen LogP contribution in [0, 0.1) is 12.8 Å². The molecule has 0 aromatic carbocycles. The van der Waals surface area contributed by atoms with Crippen molar-refractivity contribution >= 4 is 39.5 Å². The number of ether oxygens (including phenoxy) is 1. The Kier molecular flexibility index (Phi) is 6.86. The fourth-order valence-electron chi connectivity index (χ4n) is 3.30. The van der Waals surface area contributed by atoms with Gasteiger partial charge in [0.1, 0.15) is 15.5 Å². The zero-order chi connectivity index (χ0) is 21.8. The number of nitrogens with one attached hydrogen (secondary N) is 2. The highest BCUT2D eigenvalue weighted by atomic mass is 32.1. The third-order valence-corrected chi connectivity index (χ3v) is 6.02. The summed E-state index contributed by atoms with van der Waals surface area (Å²) >= 11 is 1.09. The Bertz CT molecular complexity index is 1040. The number of nitrogens with zero attached hydrogens (tertiary/aromatic N) is 2. The maximum atomic E-state index is 12.9. The number of carbonyl (C=O) groups is 3. The normalized spacial score (nSPS) is 13.6. The van der Waals surface area contributed by atoms with Crippen LogP contribution < -0.4 is 16.2 Å². The summed E-state index contributed by atoms with van der Waals surface area (Å²) in [5, 5.41) is 5.07. The van der Waals surface area contributed by atoms with Gasteiger partial charge in [0.2, 0.25) is 0 Å². The smallest absolute Gasteiger partial charge is 0.349 e. The van der Waals surface area contributed by atoms with Gasteiger partial charge in [-0.3, -0.25) is 19.5 Å². The molecule has 0 radical (unpaired) electrons. The van der Waals surface area contributed by atoms with Crippen LogP contribution in [0.5, 0.6) is 0 Å². The number of aryl methyl sites for hydroxylation is 2. The largest absolute Gasteiger partial charge is 0.451 e. The molecule has 3 amide bonds. The number of urea groups is 1. The van der Waals surface area contributed by atoms with Crippen LogP contribution in [0.1, 0.15) is 54.2 Å². The second-order valence-electron chi connectivity index (χ2n) is 7.76. The van der Waals surface area contributed by atoms with Crippen LogP contribution in [0.4, 0.5) is 4.79 Å². The fourth-order valence-corrected chi connectivity index (χ4v) is 4.39. The summed E-state index contributed by atoms with van der Waals surface area (Å²) in [6, 6.07) is -0.637. The monoisotopic (exact) mass is 434 g/mol. The van der Waals surface area contributed by atoms with Crippen molar-refractivity contribution in [2.45, 2.75) is 53.0 Å². The number of carbonyl (C=O) groups excluding carboxylic acids is 3. The molecule has 30 heavy (non-hydrogen) atoms. The Balaban J connectivity index is 1.71. The van der Waals surface area contributed by atoms with E-state index in [1.165, 1.54) is 0 Å². The van der Waals surface area contributed by atoms with Crippen molar-refractivity contribution in [2.24, 2.45) is 5.92 Å². The molecule has 3 rings (SSSR count). The quantitative estimate of drug-likeness (QED) is 0.696. The molecule has 162 valence electrons. The van der Waals surface area contributed by atoms with Crippen molar-refractivity contribution in [1.29, 1.82) is 0 Å². The molecule has 0 aliphatic carbocycles. The van der Waals surface area contributed by atoms with Crippen molar-refractivity contribution in [3.8, 4) is 0 Å². The van der Waals surface area contributed by atoms with E-state index in [1.807, 2.05) is 13.8 Å². The molecule has 0 unspecified atom stereocenters. The SMILES string of the molecule is Cc1c(C(=O)OCC(=O)NC(=O)NCC(C)C)sc2nc3n(c(=O)c12)CCCCC3. The maximum Gasteiger partial charge on any atom is 0.349 e. The van der Waals surface area contributed by atoms with Crippen LogP contribution in [0.25, 0.3) is 10.2 Å². The highest BCUT2D eigenvalue weighted by Crippen LogP contribution is 2.28. The summed E-state index contributed by atoms with van der Waals surface area (Å²) in [5.74, 6) is -0.452. The van der Waals surface area contributed by atoms with Crippen LogP contribution in [-0.4, -0.2) is 40.6 Å². The van der Waals surface area contributed by atoms with Crippen molar-refractivity contribution in [3.05, 3.63) is 26.6 Å². The molecule has 0 atom stereocenters. The first-order chi connectivity index (χ1) is 14.3. The lowest BCUT2D eigenvalue weighted by Crippen LogP contribution is -2.42. The summed E-state index contributed by atoms with van der Waals surface area (Å²) in [6.45, 7) is 6.00. The number of hydrogen-bond donors (Lipinski definition) is 2. The molecule has 10 heteroatoms. The summed E-state index contributed by atoms with van der Waals surface area (Å²) in [6.07, 6.45) is 3.71. The minimum Gasteiger partial charge on any atom is -0.451 e. The molecule has 0 saturated heterocycles. The molecule has 9 nitrogen and oxygen atoms in total. The molecule has 2 N–H and O–H groups in total. The van der Waals surface area contributed by atoms with Gasteiger partial charge < -0.3 is 10.1 Å². The number of esters is 1. The first kappa shape index (κ1) is 21.9. The van der Waals surface area contributed by atoms with Gasteiger partial charge in [0.15, 0.2) is 6.61 Å². The molecule has 0 bridgehead atoms. The topological polar surface area (TPSA) is 119 Å². The Morgan fingerprint density at radius 2 is 2.00 bits per heavy atom. The lowest BCUT2D eigenvalue weighted by Gasteiger charge is -2.09. The minimum absolute atomic E-state index is 0.135. The van der Waals surface area contributed by atoms with Crippen molar-refractivity contribution in [1.82, 2.24) is 20.2 Å². The van der Waals surface area contributed by atoms with Crippen LogP contribution >= 0.6 is 11.3 Å². The zero-order valence-corrected chi connectivity index (χ0v) is 18.2. The van der Waals surface area contributed by atoms with E-state index in [0.29, 0.717) is 28.9 Å². The van der Waals surface area contributed by atoms with E-state index in [4.69, 9.17) is 4.74 Å². The van der Waals surface area contributed by atoms with E-state index in [2.05, 4.69) is 15.6 Å². The molecule has 2 aromatic rings. The number of hydrogen-bond acceptors (Lipinski definition) is 7. The predicted octanol–water partition coefficient (Wildman–Crippen LogP) is 2.13. The number of imide groups is 1. The van der Waals surface area contributed by atoms with E-state index in [0.717, 1.165) is 42.8 Å². The average Bonchev–Trinajstić information content (AvgIpc) is 2.86. The Morgan fingerprint density at radius 1 is 1.23 bits per heavy atom. The minimum atomic E-state index is -0.728. The number of aromatic nitrogens is 2. The molecule has 2 aromatic heterocycles. The lowest BCUT2D eigenvalue weighted by molar-refractivity contribution is -0.123. The third-order valence-electron chi connectivity index (χ3n) is 4.86. The molecule has 0 saturated carbocycles. The first-order valence-electron chi connectivity index (χ1n) is 10.1. The van der Waals surface area contributed by atoms with Crippen LogP contribution in [0.15, 0.2) is 4.79 Å². The molecule has 0 fully saturated rings. The van der Waals surface area contributed by atoms with Crippen molar-refractivity contribution in [2.75, 3.05) is 13.2 Å². The second kappa shape index (κ2) is 9.38. The van der Waals surface area contributed by atoms with Gasteiger partial charge in [-0.2, -0.15) is 0 Å². The van der Waals surface area contributed by atoms with E-state index in [1.54, 1.807) is 11.5 Å². The predicted molar refractivity (Wildman–Crippen MR) is 113 cm³/mol. The van der Waals surface area contributed by atoms with Crippen LogP contribution in [0.3, 0.4) is 0 Å². The number of thiophene rings is 1. The van der Waals surface area contributed by atoms with Gasteiger partial charge in [-0.05, 0) is 31.2 Å². The Labute approximate surface area is 177 Å². The highest BCUT2D eigenvalue weighted by Gasteiger charge is 2.23. The third kappa shape index (κ3) is 4.86. The summed E-state index contributed by atoms with van der Waals surface area (Å²) in [5.41, 5.74) is 0.372. The van der Waals surface area contributed by atoms with Gasteiger partial charge >= 0.3 is 12.0 Å². The number of amides is 3. The first-order valence-corrected chi connectivity index (χ1v) is 10.9. The lowest BCUT2D eigenvalue weighted by atomic mass is 10.2. The van der Waals surface area contributed by atoms with Gasteiger partial charge in [-0.15, -0.1) is 11.3 Å². The van der Waals surface area contributed by atoms with E-state index >= 15 is 0 Å². The van der Waals surface area contributed by atoms with Crippen LogP contribution in [-0.2, 0) is 22.5 Å². The number of fused-ring (bicyclic) bond motifs is 2. The van der Waals surface area contributed by atoms with E-state index < -0.39 is 24.5 Å². The standard InChI is InChI=1S/C20H26N4O5S/c1-11(2)9-21-20(28)23-14(25)10-29-19(27)16-12(3)15-17(30-16)22-13-7-5-4-6-8-24(13)18(15)26/h11H,4-10H2,1-3H3,(H2,21,23,25,28). The van der Waals surface area contributed by atoms with E-state index in [-0.39, 0.29) is 16.4 Å². The average molecular weight is 435 g/mol. The Morgan fingerprint density at radius 3 is 2.73 bits per heavy atom. The Hall–Kier alpha value is -2.75. The molecular formula is C20H26N4O5S. The van der Waals surface area contributed by atoms with Gasteiger partial charge in [-0.25, -0.2) is 14.6 Å². The molecule has 0 spiro atoms. The molecule has 3 heterocycles. The molecule has 1 aliphatic rings. The van der Waals surface area contributed by atoms with Gasteiger partial charge in [0.25, 0.3) is 11.5 Å². The van der Waals surface area contributed by atoms with Gasteiger partial charge in [0.05, 0.1) is 5.39 Å². The molecule has 1 aliphatic heterocycles. The molecular weight excluding hydrogens is 408 g/mol. The second-order valence-corrected chi connectivity index (χ2v) is 8.76. The maximum absolute atomic E-state index is 12.9. The van der Waals surface area contributed by atoms with Crippen molar-refractivity contribution < 1.29 is 19.1 Å². The summed E-state index contributed by atoms with van der Waals surface area (Å²) in [7, 11) is 0. The summed E-state index contributed by atoms with van der Waals surface area (Å²) < 4.78 is 6.76. The highest BCUT2D eigenvalue weighted by molar-refractivity contribution is 7.20. The zero-order valence-electron chi connectivity index (χ0n) is 17.4. The fraction of sp³-hybridized carbons (Fsp3) is 0.550. The van der Waals surface area contributed by atoms with Gasteiger partial charge in [-0.1, -0.05) is 20.3 Å². The number of rotatable bonds is 5. The summed E-state index contributed by atoms with van der Waals surface area (Å²) in [4.78, 5) is 54.3. The van der Waals surface area contributed by atoms with Crippen LogP contribution in [0.2, 0.25) is 0 Å². The van der Waals surface area contributed by atoms with Gasteiger partial charge in [0, 0.05) is 19.5 Å². The van der Waals surface area contributed by atoms with E-state index in [9.17, 15) is 19.2 Å². The van der Waals surface area contributed by atoms with Crippen molar-refractivity contribution in [3.63, 3.8) is 0 Å².